The molecule has 2 atom stereocenters. The van der Waals surface area contributed by atoms with Gasteiger partial charge in [0.25, 0.3) is 5.91 Å². The van der Waals surface area contributed by atoms with Crippen LogP contribution in [-0.4, -0.2) is 18.5 Å². The Morgan fingerprint density at radius 3 is 2.56 bits per heavy atom. The average Bonchev–Trinajstić information content (AvgIpc) is 2.66. The van der Waals surface area contributed by atoms with Crippen molar-refractivity contribution in [2.75, 3.05) is 6.54 Å². The molecule has 3 nitrogen and oxygen atoms in total. The molecular weight excluding hydrogens is 308 g/mol. The maximum Gasteiger partial charge on any atom is 0.251 e. The lowest BCUT2D eigenvalue weighted by Crippen LogP contribution is -2.41. The molecule has 1 radical (unpaired) electrons. The number of benzene rings is 2. The third-order valence-corrected chi connectivity index (χ3v) is 4.79. The molecule has 2 aromatic carbocycles. The van der Waals surface area contributed by atoms with Crippen molar-refractivity contribution < 1.29 is 4.79 Å². The molecule has 2 rings (SSSR count). The SMILES string of the molecule is CCCc1ccc(-c2cc[c]cc2C(=O)NC[C@@H](N)[C@@H](C)CC)cc1. The van der Waals surface area contributed by atoms with Gasteiger partial charge in [-0.05, 0) is 41.2 Å². The average molecular weight is 337 g/mol. The number of nitrogens with one attached hydrogen (secondary N) is 1. The van der Waals surface area contributed by atoms with Crippen LogP contribution in [0, 0.1) is 12.0 Å². The number of carbonyl (C=O) groups excluding carboxylic acids is 1. The van der Waals surface area contributed by atoms with Crippen molar-refractivity contribution in [3.8, 4) is 11.1 Å². The fourth-order valence-corrected chi connectivity index (χ4v) is 2.82. The van der Waals surface area contributed by atoms with Crippen molar-refractivity contribution in [1.29, 1.82) is 0 Å². The van der Waals surface area contributed by atoms with Crippen LogP contribution in [0.5, 0.6) is 0 Å². The van der Waals surface area contributed by atoms with Crippen LogP contribution in [0.2, 0.25) is 0 Å². The van der Waals surface area contributed by atoms with E-state index in [1.54, 1.807) is 6.07 Å². The first kappa shape index (κ1) is 19.2. The quantitative estimate of drug-likeness (QED) is 0.758. The van der Waals surface area contributed by atoms with Crippen LogP contribution in [0.3, 0.4) is 0 Å². The highest BCUT2D eigenvalue weighted by Gasteiger charge is 2.15. The molecule has 0 fully saturated rings. The van der Waals surface area contributed by atoms with Gasteiger partial charge in [-0.3, -0.25) is 4.79 Å². The molecule has 0 saturated heterocycles. The third-order valence-electron chi connectivity index (χ3n) is 4.79. The van der Waals surface area contributed by atoms with Crippen LogP contribution >= 0.6 is 0 Å². The number of amides is 1. The molecule has 0 spiro atoms. The number of hydrogen-bond acceptors (Lipinski definition) is 2. The Bertz CT molecular complexity index is 679. The monoisotopic (exact) mass is 337 g/mol. The van der Waals surface area contributed by atoms with Crippen LogP contribution in [0.25, 0.3) is 11.1 Å². The van der Waals surface area contributed by atoms with E-state index in [1.807, 2.05) is 12.1 Å². The predicted molar refractivity (Wildman–Crippen MR) is 104 cm³/mol. The van der Waals surface area contributed by atoms with Crippen molar-refractivity contribution in [3.63, 3.8) is 0 Å². The Morgan fingerprint density at radius 1 is 1.20 bits per heavy atom. The molecule has 0 aliphatic heterocycles. The molecule has 0 bridgehead atoms. The molecule has 0 heterocycles. The molecular formula is C22H29N2O. The zero-order valence-corrected chi connectivity index (χ0v) is 15.5. The van der Waals surface area contributed by atoms with Gasteiger partial charge in [0.15, 0.2) is 0 Å². The Balaban J connectivity index is 2.15. The summed E-state index contributed by atoms with van der Waals surface area (Å²) in [7, 11) is 0. The minimum atomic E-state index is -0.0942. The van der Waals surface area contributed by atoms with Gasteiger partial charge >= 0.3 is 0 Å². The standard InChI is InChI=1S/C22H29N2O/c1-4-8-17-11-13-18(14-12-17)19-9-6-7-10-20(19)22(25)24-15-21(23)16(3)5-2/h6,9-14,16,21H,4-5,8,15,23H2,1-3H3,(H,24,25)/t16-,21+/m0/s1. The minimum absolute atomic E-state index is 0.0292. The maximum absolute atomic E-state index is 12.6. The van der Waals surface area contributed by atoms with Crippen LogP contribution in [-0.2, 0) is 6.42 Å². The Morgan fingerprint density at radius 2 is 1.92 bits per heavy atom. The number of carbonyl (C=O) groups is 1. The molecule has 3 N–H and O–H groups in total. The zero-order valence-electron chi connectivity index (χ0n) is 15.5. The first-order chi connectivity index (χ1) is 12.1. The van der Waals surface area contributed by atoms with Gasteiger partial charge in [0, 0.05) is 18.2 Å². The highest BCUT2D eigenvalue weighted by atomic mass is 16.1. The Hall–Kier alpha value is -2.13. The van der Waals surface area contributed by atoms with E-state index in [9.17, 15) is 4.79 Å². The van der Waals surface area contributed by atoms with Crippen molar-refractivity contribution in [1.82, 2.24) is 5.32 Å². The first-order valence-corrected chi connectivity index (χ1v) is 9.20. The van der Waals surface area contributed by atoms with Gasteiger partial charge in [0.1, 0.15) is 0 Å². The minimum Gasteiger partial charge on any atom is -0.350 e. The van der Waals surface area contributed by atoms with E-state index in [-0.39, 0.29) is 11.9 Å². The third kappa shape index (κ3) is 5.17. The van der Waals surface area contributed by atoms with Crippen molar-refractivity contribution in [2.45, 2.75) is 46.1 Å². The van der Waals surface area contributed by atoms with E-state index in [4.69, 9.17) is 5.73 Å². The lowest BCUT2D eigenvalue weighted by molar-refractivity contribution is 0.0949. The van der Waals surface area contributed by atoms with Gasteiger partial charge in [-0.2, -0.15) is 0 Å². The smallest absolute Gasteiger partial charge is 0.251 e. The summed E-state index contributed by atoms with van der Waals surface area (Å²) < 4.78 is 0. The lowest BCUT2D eigenvalue weighted by Gasteiger charge is -2.19. The highest BCUT2D eigenvalue weighted by Crippen LogP contribution is 2.24. The topological polar surface area (TPSA) is 55.1 Å². The van der Waals surface area contributed by atoms with Crippen molar-refractivity contribution >= 4 is 5.91 Å². The van der Waals surface area contributed by atoms with Gasteiger partial charge in [-0.15, -0.1) is 0 Å². The molecule has 3 heteroatoms. The molecule has 2 aromatic rings. The molecule has 0 unspecified atom stereocenters. The van der Waals surface area contributed by atoms with Crippen molar-refractivity contribution in [3.05, 3.63) is 59.7 Å². The van der Waals surface area contributed by atoms with Gasteiger partial charge in [0.2, 0.25) is 0 Å². The largest absolute Gasteiger partial charge is 0.350 e. The van der Waals surface area contributed by atoms with Crippen LogP contribution < -0.4 is 11.1 Å². The van der Waals surface area contributed by atoms with Gasteiger partial charge in [0.05, 0.1) is 0 Å². The van der Waals surface area contributed by atoms with Gasteiger partial charge in [-0.25, -0.2) is 0 Å². The maximum atomic E-state index is 12.6. The Kier molecular flexibility index (Phi) is 7.20. The summed E-state index contributed by atoms with van der Waals surface area (Å²) in [5.74, 6) is 0.288. The summed E-state index contributed by atoms with van der Waals surface area (Å²) in [4.78, 5) is 12.6. The zero-order chi connectivity index (χ0) is 18.2. The second-order valence-electron chi connectivity index (χ2n) is 6.68. The van der Waals surface area contributed by atoms with E-state index in [0.717, 1.165) is 30.4 Å². The predicted octanol–water partition coefficient (Wildman–Crippen LogP) is 4.21. The van der Waals surface area contributed by atoms with Gasteiger partial charge < -0.3 is 11.1 Å². The summed E-state index contributed by atoms with van der Waals surface area (Å²) in [5, 5.41) is 2.97. The summed E-state index contributed by atoms with van der Waals surface area (Å²) in [6.07, 6.45) is 3.21. The van der Waals surface area contributed by atoms with E-state index in [2.05, 4.69) is 56.4 Å². The van der Waals surface area contributed by atoms with Gasteiger partial charge in [-0.1, -0.05) is 70.0 Å². The summed E-state index contributed by atoms with van der Waals surface area (Å²) in [6, 6.07) is 17.0. The molecule has 0 aromatic heterocycles. The molecule has 0 aliphatic carbocycles. The molecule has 0 saturated carbocycles. The first-order valence-electron chi connectivity index (χ1n) is 9.20. The molecule has 25 heavy (non-hydrogen) atoms. The van der Waals surface area contributed by atoms with Crippen molar-refractivity contribution in [2.24, 2.45) is 11.7 Å². The second kappa shape index (κ2) is 9.38. The number of rotatable bonds is 8. The highest BCUT2D eigenvalue weighted by molar-refractivity contribution is 6.00. The van der Waals surface area contributed by atoms with Crippen LogP contribution in [0.15, 0.2) is 42.5 Å². The van der Waals surface area contributed by atoms with Crippen LogP contribution in [0.4, 0.5) is 0 Å². The fraction of sp³-hybridized carbons (Fsp3) is 0.409. The second-order valence-corrected chi connectivity index (χ2v) is 6.68. The summed E-state index contributed by atoms with van der Waals surface area (Å²) in [6.45, 7) is 6.88. The number of hydrogen-bond donors (Lipinski definition) is 2. The lowest BCUT2D eigenvalue weighted by atomic mass is 9.97. The molecule has 0 aliphatic rings. The van der Waals surface area contributed by atoms with E-state index < -0.39 is 0 Å². The summed E-state index contributed by atoms with van der Waals surface area (Å²) in [5.41, 5.74) is 10.1. The van der Waals surface area contributed by atoms with Crippen LogP contribution in [0.1, 0.15) is 49.5 Å². The van der Waals surface area contributed by atoms with E-state index in [0.29, 0.717) is 18.0 Å². The Labute approximate surface area is 151 Å². The fourth-order valence-electron chi connectivity index (χ4n) is 2.82. The molecule has 1 amide bonds. The van der Waals surface area contributed by atoms with E-state index in [1.165, 1.54) is 5.56 Å². The molecule has 133 valence electrons. The normalized spacial score (nSPS) is 13.3. The van der Waals surface area contributed by atoms with E-state index >= 15 is 0 Å². The summed E-state index contributed by atoms with van der Waals surface area (Å²) >= 11 is 0. The number of aryl methyl sites for hydroxylation is 1. The number of nitrogens with two attached hydrogens (primary N) is 1.